The summed E-state index contributed by atoms with van der Waals surface area (Å²) in [5, 5.41) is 1.36. The van der Waals surface area contributed by atoms with Crippen LogP contribution in [0, 0.1) is 0 Å². The molecule has 0 fully saturated rings. The molecule has 1 nitrogen and oxygen atoms in total. The van der Waals surface area contributed by atoms with Crippen LogP contribution in [0.2, 0.25) is 10.0 Å². The largest absolute Gasteiger partial charge is 0.327 e. The Labute approximate surface area is 101 Å². The van der Waals surface area contributed by atoms with Gasteiger partial charge in [0.25, 0.3) is 0 Å². The first-order valence-corrected chi connectivity index (χ1v) is 5.59. The highest BCUT2D eigenvalue weighted by atomic mass is 35.5. The second-order valence-corrected chi connectivity index (χ2v) is 4.64. The zero-order valence-corrected chi connectivity index (χ0v) is 10.3. The Balaban J connectivity index is 2.76. The van der Waals surface area contributed by atoms with E-state index in [0.29, 0.717) is 16.5 Å². The van der Waals surface area contributed by atoms with Crippen LogP contribution in [0.5, 0.6) is 0 Å². The molecule has 0 aliphatic heterocycles. The molecule has 1 aromatic carbocycles. The molecule has 1 atom stereocenters. The summed E-state index contributed by atoms with van der Waals surface area (Å²) in [4.78, 5) is 0. The standard InChI is InChI=1S/C12H15Cl2N/c1-8(2)6-9(15)7-10-11(13)4-3-5-12(10)14/h3-5,9H,1,6-7,15H2,2H3. The number of halogens is 2. The highest BCUT2D eigenvalue weighted by molar-refractivity contribution is 6.35. The SMILES string of the molecule is C=C(C)CC(N)Cc1c(Cl)cccc1Cl. The molecular formula is C12H15Cl2N. The average molecular weight is 244 g/mol. The minimum Gasteiger partial charge on any atom is -0.327 e. The molecular weight excluding hydrogens is 229 g/mol. The zero-order chi connectivity index (χ0) is 11.4. The molecule has 1 rings (SSSR count). The molecule has 0 amide bonds. The lowest BCUT2D eigenvalue weighted by Gasteiger charge is -2.13. The highest BCUT2D eigenvalue weighted by Crippen LogP contribution is 2.25. The van der Waals surface area contributed by atoms with E-state index < -0.39 is 0 Å². The Morgan fingerprint density at radius 2 is 1.93 bits per heavy atom. The lowest BCUT2D eigenvalue weighted by molar-refractivity contribution is 0.662. The molecule has 15 heavy (non-hydrogen) atoms. The Morgan fingerprint density at radius 1 is 1.40 bits per heavy atom. The van der Waals surface area contributed by atoms with Crippen LogP contribution < -0.4 is 5.73 Å². The van der Waals surface area contributed by atoms with Crippen molar-refractivity contribution < 1.29 is 0 Å². The predicted molar refractivity (Wildman–Crippen MR) is 67.6 cm³/mol. The van der Waals surface area contributed by atoms with Gasteiger partial charge in [0.05, 0.1) is 0 Å². The lowest BCUT2D eigenvalue weighted by atomic mass is 10.0. The van der Waals surface area contributed by atoms with Crippen molar-refractivity contribution in [2.75, 3.05) is 0 Å². The normalized spacial score (nSPS) is 12.5. The summed E-state index contributed by atoms with van der Waals surface area (Å²) in [6.07, 6.45) is 1.48. The smallest absolute Gasteiger partial charge is 0.0453 e. The van der Waals surface area contributed by atoms with Gasteiger partial charge >= 0.3 is 0 Å². The maximum atomic E-state index is 6.05. The second kappa shape index (κ2) is 5.55. The number of hydrogen-bond donors (Lipinski definition) is 1. The molecule has 0 aliphatic rings. The third-order valence-corrected chi connectivity index (χ3v) is 2.85. The zero-order valence-electron chi connectivity index (χ0n) is 8.76. The molecule has 3 heteroatoms. The molecule has 0 aromatic heterocycles. The molecule has 0 spiro atoms. The summed E-state index contributed by atoms with van der Waals surface area (Å²) in [6.45, 7) is 5.80. The summed E-state index contributed by atoms with van der Waals surface area (Å²) < 4.78 is 0. The molecule has 0 radical (unpaired) electrons. The van der Waals surface area contributed by atoms with E-state index in [1.54, 1.807) is 0 Å². The van der Waals surface area contributed by atoms with Gasteiger partial charge in [-0.25, -0.2) is 0 Å². The molecule has 0 aliphatic carbocycles. The molecule has 0 heterocycles. The second-order valence-electron chi connectivity index (χ2n) is 3.83. The Morgan fingerprint density at radius 3 is 2.40 bits per heavy atom. The first kappa shape index (κ1) is 12.6. The van der Waals surface area contributed by atoms with Crippen LogP contribution in [0.25, 0.3) is 0 Å². The van der Waals surface area contributed by atoms with Crippen LogP contribution in [0.4, 0.5) is 0 Å². The molecule has 0 saturated heterocycles. The predicted octanol–water partition coefficient (Wildman–Crippen LogP) is 3.83. The Hall–Kier alpha value is -0.500. The van der Waals surface area contributed by atoms with Gasteiger partial charge in [0, 0.05) is 16.1 Å². The van der Waals surface area contributed by atoms with E-state index in [9.17, 15) is 0 Å². The van der Waals surface area contributed by atoms with Crippen molar-refractivity contribution in [3.05, 3.63) is 46.0 Å². The quantitative estimate of drug-likeness (QED) is 0.800. The van der Waals surface area contributed by atoms with Crippen LogP contribution in [0.15, 0.2) is 30.4 Å². The van der Waals surface area contributed by atoms with E-state index in [-0.39, 0.29) is 6.04 Å². The van der Waals surface area contributed by atoms with Gasteiger partial charge in [-0.05, 0) is 37.5 Å². The van der Waals surface area contributed by atoms with Crippen molar-refractivity contribution in [3.8, 4) is 0 Å². The Kier molecular flexibility index (Phi) is 4.65. The van der Waals surface area contributed by atoms with Gasteiger partial charge in [0.2, 0.25) is 0 Å². The Bertz CT molecular complexity index is 340. The van der Waals surface area contributed by atoms with Crippen LogP contribution >= 0.6 is 23.2 Å². The molecule has 0 saturated carbocycles. The van der Waals surface area contributed by atoms with Gasteiger partial charge in [-0.3, -0.25) is 0 Å². The van der Waals surface area contributed by atoms with Crippen molar-refractivity contribution in [1.82, 2.24) is 0 Å². The van der Waals surface area contributed by atoms with Gasteiger partial charge in [-0.15, -0.1) is 6.58 Å². The van der Waals surface area contributed by atoms with E-state index in [2.05, 4.69) is 6.58 Å². The maximum Gasteiger partial charge on any atom is 0.0453 e. The topological polar surface area (TPSA) is 26.0 Å². The number of benzene rings is 1. The van der Waals surface area contributed by atoms with Gasteiger partial charge in [0.15, 0.2) is 0 Å². The van der Waals surface area contributed by atoms with Crippen LogP contribution in [0.3, 0.4) is 0 Å². The van der Waals surface area contributed by atoms with Gasteiger partial charge in [0.1, 0.15) is 0 Å². The molecule has 0 bridgehead atoms. The summed E-state index contributed by atoms with van der Waals surface area (Å²) >= 11 is 12.1. The fourth-order valence-electron chi connectivity index (χ4n) is 1.51. The minimum atomic E-state index is 0.0277. The highest BCUT2D eigenvalue weighted by Gasteiger charge is 2.10. The van der Waals surface area contributed by atoms with Crippen LogP contribution in [0.1, 0.15) is 18.9 Å². The number of rotatable bonds is 4. The summed E-state index contributed by atoms with van der Waals surface area (Å²) in [5.74, 6) is 0. The molecule has 1 aromatic rings. The monoisotopic (exact) mass is 243 g/mol. The van der Waals surface area contributed by atoms with E-state index in [1.165, 1.54) is 0 Å². The lowest BCUT2D eigenvalue weighted by Crippen LogP contribution is -2.23. The molecule has 1 unspecified atom stereocenters. The number of hydrogen-bond acceptors (Lipinski definition) is 1. The van der Waals surface area contributed by atoms with E-state index in [4.69, 9.17) is 28.9 Å². The molecule has 82 valence electrons. The van der Waals surface area contributed by atoms with Crippen molar-refractivity contribution in [2.45, 2.75) is 25.8 Å². The third kappa shape index (κ3) is 3.86. The first-order chi connectivity index (χ1) is 7.00. The third-order valence-electron chi connectivity index (χ3n) is 2.14. The average Bonchev–Trinajstić information content (AvgIpc) is 2.10. The van der Waals surface area contributed by atoms with Crippen molar-refractivity contribution in [2.24, 2.45) is 5.73 Å². The summed E-state index contributed by atoms with van der Waals surface area (Å²) in [7, 11) is 0. The van der Waals surface area contributed by atoms with Gasteiger partial charge in [-0.1, -0.05) is 34.8 Å². The van der Waals surface area contributed by atoms with E-state index >= 15 is 0 Å². The fraction of sp³-hybridized carbons (Fsp3) is 0.333. The van der Waals surface area contributed by atoms with Gasteiger partial charge < -0.3 is 5.73 Å². The summed E-state index contributed by atoms with van der Waals surface area (Å²) in [6, 6.07) is 5.52. The van der Waals surface area contributed by atoms with Crippen molar-refractivity contribution >= 4 is 23.2 Å². The first-order valence-electron chi connectivity index (χ1n) is 4.83. The van der Waals surface area contributed by atoms with Crippen molar-refractivity contribution in [3.63, 3.8) is 0 Å². The van der Waals surface area contributed by atoms with Crippen LogP contribution in [-0.2, 0) is 6.42 Å². The van der Waals surface area contributed by atoms with Crippen LogP contribution in [-0.4, -0.2) is 6.04 Å². The molecule has 2 N–H and O–H groups in total. The number of nitrogens with two attached hydrogens (primary N) is 1. The maximum absolute atomic E-state index is 6.05. The van der Waals surface area contributed by atoms with E-state index in [0.717, 1.165) is 17.6 Å². The van der Waals surface area contributed by atoms with Crippen molar-refractivity contribution in [1.29, 1.82) is 0 Å². The minimum absolute atomic E-state index is 0.0277. The van der Waals surface area contributed by atoms with Gasteiger partial charge in [-0.2, -0.15) is 0 Å². The van der Waals surface area contributed by atoms with E-state index in [1.807, 2.05) is 25.1 Å². The summed E-state index contributed by atoms with van der Waals surface area (Å²) in [5.41, 5.74) is 7.97. The fourth-order valence-corrected chi connectivity index (χ4v) is 2.06.